The maximum atomic E-state index is 11.1. The Morgan fingerprint density at radius 3 is 2.94 bits per heavy atom. The van der Waals surface area contributed by atoms with E-state index in [2.05, 4.69) is 23.7 Å². The Hall–Kier alpha value is -1.58. The highest BCUT2D eigenvalue weighted by molar-refractivity contribution is 5.94. The van der Waals surface area contributed by atoms with Crippen molar-refractivity contribution in [3.05, 3.63) is 24.0 Å². The first-order chi connectivity index (χ1) is 8.09. The van der Waals surface area contributed by atoms with E-state index < -0.39 is 5.97 Å². The minimum absolute atomic E-state index is 0.351. The number of anilines is 1. The van der Waals surface area contributed by atoms with Gasteiger partial charge in [-0.3, -0.25) is 4.98 Å². The molecule has 1 saturated heterocycles. The Labute approximate surface area is 101 Å². The molecule has 2 rings (SSSR count). The second-order valence-electron chi connectivity index (χ2n) is 4.94. The number of pyridine rings is 1. The zero-order valence-corrected chi connectivity index (χ0v) is 10.3. The molecule has 1 aliphatic heterocycles. The Balaban J connectivity index is 2.21. The number of hydrogen-bond donors (Lipinski definition) is 1. The van der Waals surface area contributed by atoms with Crippen molar-refractivity contribution in [2.45, 2.75) is 20.3 Å². The first kappa shape index (κ1) is 11.9. The van der Waals surface area contributed by atoms with Crippen LogP contribution in [0.1, 0.15) is 30.6 Å². The Bertz CT molecular complexity index is 418. The van der Waals surface area contributed by atoms with Crippen LogP contribution in [0.5, 0.6) is 0 Å². The highest BCUT2D eigenvalue weighted by atomic mass is 16.4. The molecule has 1 aromatic heterocycles. The average Bonchev–Trinajstić information content (AvgIpc) is 2.78. The Morgan fingerprint density at radius 2 is 2.35 bits per heavy atom. The summed E-state index contributed by atoms with van der Waals surface area (Å²) in [5.41, 5.74) is 1.10. The maximum Gasteiger partial charge on any atom is 0.337 e. The van der Waals surface area contributed by atoms with Crippen molar-refractivity contribution >= 4 is 11.7 Å². The van der Waals surface area contributed by atoms with Gasteiger partial charge < -0.3 is 10.0 Å². The van der Waals surface area contributed by atoms with E-state index in [4.69, 9.17) is 5.11 Å². The summed E-state index contributed by atoms with van der Waals surface area (Å²) >= 11 is 0. The summed E-state index contributed by atoms with van der Waals surface area (Å²) in [6.45, 7) is 6.30. The van der Waals surface area contributed by atoms with Crippen molar-refractivity contribution in [3.8, 4) is 0 Å². The largest absolute Gasteiger partial charge is 0.478 e. The number of aromatic carboxylic acids is 1. The van der Waals surface area contributed by atoms with E-state index in [1.54, 1.807) is 12.3 Å². The molecule has 0 aliphatic carbocycles. The van der Waals surface area contributed by atoms with E-state index in [0.29, 0.717) is 17.4 Å². The van der Waals surface area contributed by atoms with Gasteiger partial charge in [-0.25, -0.2) is 4.79 Å². The molecule has 1 aliphatic rings. The molecule has 0 bridgehead atoms. The van der Waals surface area contributed by atoms with Crippen molar-refractivity contribution in [2.24, 2.45) is 11.8 Å². The van der Waals surface area contributed by atoms with Crippen LogP contribution in [-0.2, 0) is 0 Å². The third kappa shape index (κ3) is 2.40. The summed E-state index contributed by atoms with van der Waals surface area (Å²) in [5.74, 6) is 0.414. The van der Waals surface area contributed by atoms with Crippen LogP contribution in [0.3, 0.4) is 0 Å². The molecule has 1 N–H and O–H groups in total. The van der Waals surface area contributed by atoms with Gasteiger partial charge in [0.15, 0.2) is 0 Å². The number of hydrogen-bond acceptors (Lipinski definition) is 3. The molecule has 0 saturated carbocycles. The summed E-state index contributed by atoms with van der Waals surface area (Å²) in [7, 11) is 0. The monoisotopic (exact) mass is 234 g/mol. The number of carbonyl (C=O) groups is 1. The van der Waals surface area contributed by atoms with Crippen molar-refractivity contribution < 1.29 is 9.90 Å². The average molecular weight is 234 g/mol. The minimum atomic E-state index is -0.879. The molecule has 0 amide bonds. The predicted molar refractivity (Wildman–Crippen MR) is 66.4 cm³/mol. The molecule has 1 aromatic rings. The van der Waals surface area contributed by atoms with Gasteiger partial charge in [-0.1, -0.05) is 13.8 Å². The van der Waals surface area contributed by atoms with Gasteiger partial charge in [0, 0.05) is 19.3 Å². The fraction of sp³-hybridized carbons (Fsp3) is 0.538. The van der Waals surface area contributed by atoms with Crippen LogP contribution in [-0.4, -0.2) is 29.1 Å². The zero-order chi connectivity index (χ0) is 12.4. The first-order valence-electron chi connectivity index (χ1n) is 6.02. The zero-order valence-electron chi connectivity index (χ0n) is 10.3. The number of rotatable bonds is 3. The van der Waals surface area contributed by atoms with Crippen LogP contribution in [0.25, 0.3) is 0 Å². The second kappa shape index (κ2) is 4.73. The molecule has 0 aromatic carbocycles. The number of carboxylic acids is 1. The van der Waals surface area contributed by atoms with Crippen LogP contribution in [0, 0.1) is 11.8 Å². The molecule has 92 valence electrons. The van der Waals surface area contributed by atoms with E-state index in [-0.39, 0.29) is 0 Å². The summed E-state index contributed by atoms with van der Waals surface area (Å²) in [6.07, 6.45) is 4.32. The van der Waals surface area contributed by atoms with Crippen molar-refractivity contribution in [3.63, 3.8) is 0 Å². The van der Waals surface area contributed by atoms with Gasteiger partial charge in [0.25, 0.3) is 0 Å². The van der Waals surface area contributed by atoms with Gasteiger partial charge in [-0.2, -0.15) is 0 Å². The van der Waals surface area contributed by atoms with Crippen molar-refractivity contribution in [2.75, 3.05) is 18.0 Å². The molecule has 2 heterocycles. The van der Waals surface area contributed by atoms with Gasteiger partial charge in [0.2, 0.25) is 0 Å². The van der Waals surface area contributed by atoms with Crippen molar-refractivity contribution in [1.29, 1.82) is 0 Å². The lowest BCUT2D eigenvalue weighted by molar-refractivity contribution is 0.0697. The van der Waals surface area contributed by atoms with Crippen LogP contribution in [0.15, 0.2) is 18.5 Å². The van der Waals surface area contributed by atoms with Gasteiger partial charge in [0.05, 0.1) is 17.4 Å². The van der Waals surface area contributed by atoms with Gasteiger partial charge in [0.1, 0.15) is 0 Å². The molecule has 4 heteroatoms. The third-order valence-corrected chi connectivity index (χ3v) is 3.54. The quantitative estimate of drug-likeness (QED) is 0.871. The van der Waals surface area contributed by atoms with Crippen LogP contribution >= 0.6 is 0 Å². The lowest BCUT2D eigenvalue weighted by atomic mass is 9.95. The maximum absolute atomic E-state index is 11.1. The van der Waals surface area contributed by atoms with Gasteiger partial charge in [-0.15, -0.1) is 0 Å². The lowest BCUT2D eigenvalue weighted by Gasteiger charge is -2.21. The van der Waals surface area contributed by atoms with Gasteiger partial charge >= 0.3 is 5.97 Å². The Morgan fingerprint density at radius 1 is 1.59 bits per heavy atom. The Kier molecular flexibility index (Phi) is 3.31. The highest BCUT2D eigenvalue weighted by Gasteiger charge is 2.27. The summed E-state index contributed by atoms with van der Waals surface area (Å²) < 4.78 is 0. The topological polar surface area (TPSA) is 53.4 Å². The normalized spacial score (nSPS) is 19.9. The molecule has 0 spiro atoms. The third-order valence-electron chi connectivity index (χ3n) is 3.54. The smallest absolute Gasteiger partial charge is 0.337 e. The van der Waals surface area contributed by atoms with E-state index in [1.807, 2.05) is 0 Å². The molecule has 4 nitrogen and oxygen atoms in total. The van der Waals surface area contributed by atoms with Crippen molar-refractivity contribution in [1.82, 2.24) is 4.98 Å². The number of nitrogens with zero attached hydrogens (tertiary/aromatic N) is 2. The van der Waals surface area contributed by atoms with E-state index in [1.165, 1.54) is 6.20 Å². The fourth-order valence-electron chi connectivity index (χ4n) is 2.37. The van der Waals surface area contributed by atoms with E-state index in [0.717, 1.165) is 25.2 Å². The molecule has 1 fully saturated rings. The molecular weight excluding hydrogens is 216 g/mol. The lowest BCUT2D eigenvalue weighted by Crippen LogP contribution is -2.23. The van der Waals surface area contributed by atoms with Crippen LogP contribution < -0.4 is 4.90 Å². The number of aromatic nitrogens is 1. The highest BCUT2D eigenvalue weighted by Crippen LogP contribution is 2.29. The predicted octanol–water partition coefficient (Wildman–Crippen LogP) is 2.26. The van der Waals surface area contributed by atoms with Crippen LogP contribution in [0.2, 0.25) is 0 Å². The SMILES string of the molecule is CC(C)C1CCN(c2cnccc2C(=O)O)C1. The number of carboxylic acid groups (broad SMARTS) is 1. The molecule has 1 atom stereocenters. The second-order valence-corrected chi connectivity index (χ2v) is 4.94. The standard InChI is InChI=1S/C13H18N2O2/c1-9(2)10-4-6-15(8-10)12-7-14-5-3-11(12)13(16)17/h3,5,7,9-10H,4,6,8H2,1-2H3,(H,16,17). The van der Waals surface area contributed by atoms with E-state index in [9.17, 15) is 4.79 Å². The molecule has 1 unspecified atom stereocenters. The molecular formula is C13H18N2O2. The van der Waals surface area contributed by atoms with Crippen LogP contribution in [0.4, 0.5) is 5.69 Å². The first-order valence-corrected chi connectivity index (χ1v) is 6.02. The fourth-order valence-corrected chi connectivity index (χ4v) is 2.37. The summed E-state index contributed by atoms with van der Waals surface area (Å²) in [4.78, 5) is 17.3. The minimum Gasteiger partial charge on any atom is -0.478 e. The van der Waals surface area contributed by atoms with E-state index >= 15 is 0 Å². The molecule has 0 radical (unpaired) electrons. The molecule has 17 heavy (non-hydrogen) atoms. The summed E-state index contributed by atoms with van der Waals surface area (Å²) in [5, 5.41) is 9.15. The summed E-state index contributed by atoms with van der Waals surface area (Å²) in [6, 6.07) is 1.57. The van der Waals surface area contributed by atoms with Gasteiger partial charge in [-0.05, 0) is 24.3 Å².